The summed E-state index contributed by atoms with van der Waals surface area (Å²) in [4.78, 5) is 0. The molecule has 0 unspecified atom stereocenters. The van der Waals surface area contributed by atoms with Crippen molar-refractivity contribution >= 4 is 19.5 Å². The Hall–Kier alpha value is 0.480. The summed E-state index contributed by atoms with van der Waals surface area (Å²) in [6.07, 6.45) is 4.93. The summed E-state index contributed by atoms with van der Waals surface area (Å²) < 4.78 is 11.6. The van der Waals surface area contributed by atoms with Crippen molar-refractivity contribution in [3.8, 4) is 0 Å². The van der Waals surface area contributed by atoms with Gasteiger partial charge in [0.05, 0.1) is 12.9 Å². The third kappa shape index (κ3) is 3.08. The van der Waals surface area contributed by atoms with Crippen LogP contribution in [0.4, 0.5) is 0 Å². The van der Waals surface area contributed by atoms with Gasteiger partial charge in [-0.25, -0.2) is 0 Å². The van der Waals surface area contributed by atoms with Crippen molar-refractivity contribution in [1.29, 1.82) is 0 Å². The summed E-state index contributed by atoms with van der Waals surface area (Å²) in [5.74, 6) is 0.501. The Morgan fingerprint density at radius 3 is 2.08 bits per heavy atom. The van der Waals surface area contributed by atoms with Gasteiger partial charge in [0.25, 0.3) is 0 Å². The second kappa shape index (κ2) is 4.64. The Kier molecular flexibility index (Phi) is 4.83. The summed E-state index contributed by atoms with van der Waals surface area (Å²) in [7, 11) is -2.03. The molecule has 4 heteroatoms. The van der Waals surface area contributed by atoms with Gasteiger partial charge in [-0.05, 0) is 32.1 Å². The molecule has 0 heterocycles. The van der Waals surface area contributed by atoms with E-state index < -0.39 is 7.14 Å². The summed E-state index contributed by atoms with van der Waals surface area (Å²) >= 11 is 0. The van der Waals surface area contributed by atoms with Gasteiger partial charge >= 0.3 is 0 Å². The first-order chi connectivity index (χ1) is 5.02. The fraction of sp³-hybridized carbons (Fsp3) is 1.00. The second-order valence-electron chi connectivity index (χ2n) is 3.97. The van der Waals surface area contributed by atoms with Gasteiger partial charge in [0.2, 0.25) is 0 Å². The molecule has 0 spiro atoms. The molecule has 1 aliphatic rings. The van der Waals surface area contributed by atoms with Crippen LogP contribution in [0.15, 0.2) is 0 Å². The Labute approximate surface area is 81.1 Å². The van der Waals surface area contributed by atoms with Crippen LogP contribution in [-0.4, -0.2) is 19.1 Å². The Balaban J connectivity index is 0.00000121. The first-order valence-electron chi connectivity index (χ1n) is 4.32. The highest BCUT2D eigenvalue weighted by atomic mass is 35.5. The number of halogens is 1. The molecular weight excluding hydrogens is 193 g/mol. The van der Waals surface area contributed by atoms with E-state index >= 15 is 0 Å². The smallest absolute Gasteiger partial charge is 0.0979 e. The summed E-state index contributed by atoms with van der Waals surface area (Å²) in [5, 5.41) is 0. The number of rotatable bonds is 2. The predicted molar refractivity (Wildman–Crippen MR) is 56.6 cm³/mol. The molecule has 0 aliphatic heterocycles. The van der Waals surface area contributed by atoms with Crippen molar-refractivity contribution in [2.75, 3.05) is 13.3 Å². The molecule has 1 saturated carbocycles. The molecule has 0 amide bonds. The number of hydrogen-bond acceptors (Lipinski definition) is 2. The summed E-state index contributed by atoms with van der Waals surface area (Å²) in [6, 6.07) is 0. The summed E-state index contributed by atoms with van der Waals surface area (Å²) in [5.41, 5.74) is 5.89. The van der Waals surface area contributed by atoms with Crippen molar-refractivity contribution < 1.29 is 4.57 Å². The molecule has 0 saturated heterocycles. The van der Waals surface area contributed by atoms with E-state index in [1.54, 1.807) is 13.3 Å². The first-order valence-corrected chi connectivity index (χ1v) is 6.99. The van der Waals surface area contributed by atoms with Gasteiger partial charge in [0.1, 0.15) is 0 Å². The van der Waals surface area contributed by atoms with Crippen molar-refractivity contribution in [2.24, 2.45) is 11.7 Å². The van der Waals surface area contributed by atoms with Crippen LogP contribution in [-0.2, 0) is 4.57 Å². The van der Waals surface area contributed by atoms with E-state index in [1.165, 1.54) is 25.7 Å². The van der Waals surface area contributed by atoms with Gasteiger partial charge in [-0.15, -0.1) is 12.4 Å². The molecule has 0 aromatic rings. The molecule has 1 atom stereocenters. The Bertz CT molecular complexity index is 174. The van der Waals surface area contributed by atoms with E-state index in [4.69, 9.17) is 5.73 Å². The van der Waals surface area contributed by atoms with Crippen LogP contribution in [0, 0.1) is 5.92 Å². The first kappa shape index (κ1) is 12.5. The quantitative estimate of drug-likeness (QED) is 0.714. The lowest BCUT2D eigenvalue weighted by Crippen LogP contribution is -2.27. The van der Waals surface area contributed by atoms with E-state index in [9.17, 15) is 4.57 Å². The van der Waals surface area contributed by atoms with E-state index in [-0.39, 0.29) is 18.2 Å². The maximum Gasteiger partial charge on any atom is 0.0979 e. The molecule has 1 aliphatic carbocycles. The van der Waals surface area contributed by atoms with Crippen LogP contribution in [0.25, 0.3) is 0 Å². The molecule has 12 heavy (non-hydrogen) atoms. The van der Waals surface area contributed by atoms with Crippen LogP contribution in [0.1, 0.15) is 25.7 Å². The zero-order valence-corrected chi connectivity index (χ0v) is 9.54. The fourth-order valence-electron chi connectivity index (χ4n) is 1.81. The average molecular weight is 212 g/mol. The van der Waals surface area contributed by atoms with E-state index in [0.717, 1.165) is 0 Å². The molecule has 2 N–H and O–H groups in total. The van der Waals surface area contributed by atoms with Gasteiger partial charge < -0.3 is 10.3 Å². The highest BCUT2D eigenvalue weighted by molar-refractivity contribution is 7.63. The van der Waals surface area contributed by atoms with E-state index in [2.05, 4.69) is 0 Å². The van der Waals surface area contributed by atoms with Gasteiger partial charge in [-0.1, -0.05) is 12.8 Å². The normalized spacial score (nSPS) is 21.9. The van der Waals surface area contributed by atoms with E-state index in [1.807, 2.05) is 0 Å². The molecule has 1 rings (SSSR count). The maximum atomic E-state index is 11.6. The lowest BCUT2D eigenvalue weighted by Gasteiger charge is -2.22. The number of hydrogen-bond donors (Lipinski definition) is 1. The Morgan fingerprint density at radius 2 is 1.75 bits per heavy atom. The third-order valence-corrected chi connectivity index (χ3v) is 4.46. The average Bonchev–Trinajstić information content (AvgIpc) is 2.34. The molecule has 0 bridgehead atoms. The topological polar surface area (TPSA) is 43.1 Å². The summed E-state index contributed by atoms with van der Waals surface area (Å²) in [6.45, 7) is 3.60. The minimum Gasteiger partial charge on any atom is -0.323 e. The zero-order chi connectivity index (χ0) is 8.48. The number of nitrogens with two attached hydrogens (primary N) is 1. The molecule has 2 nitrogen and oxygen atoms in total. The zero-order valence-electron chi connectivity index (χ0n) is 7.82. The maximum absolute atomic E-state index is 11.6. The van der Waals surface area contributed by atoms with Crippen LogP contribution >= 0.6 is 19.5 Å². The van der Waals surface area contributed by atoms with Gasteiger partial charge in [-0.3, -0.25) is 0 Å². The lowest BCUT2D eigenvalue weighted by atomic mass is 10.1. The molecule has 74 valence electrons. The SMILES string of the molecule is CP(C)(=O)[C@@H](N)C1CCCC1.Cl. The second-order valence-corrected chi connectivity index (χ2v) is 7.43. The van der Waals surface area contributed by atoms with Crippen LogP contribution in [0.3, 0.4) is 0 Å². The standard InChI is InChI=1S/C8H18NOP.ClH/c1-11(2,10)8(9)7-5-3-4-6-7;/h7-8H,3-6,9H2,1-2H3;1H/t8-;/m1./s1. The van der Waals surface area contributed by atoms with Crippen LogP contribution in [0.5, 0.6) is 0 Å². The van der Waals surface area contributed by atoms with Gasteiger partial charge in [-0.2, -0.15) is 0 Å². The van der Waals surface area contributed by atoms with Gasteiger partial charge in [0.15, 0.2) is 0 Å². The molecule has 0 aromatic carbocycles. The minimum absolute atomic E-state index is 0. The third-order valence-electron chi connectivity index (χ3n) is 2.60. The molecular formula is C8H19ClNOP. The van der Waals surface area contributed by atoms with Crippen molar-refractivity contribution in [3.63, 3.8) is 0 Å². The van der Waals surface area contributed by atoms with E-state index in [0.29, 0.717) is 5.92 Å². The molecule has 0 aromatic heterocycles. The van der Waals surface area contributed by atoms with Crippen molar-refractivity contribution in [2.45, 2.75) is 31.5 Å². The Morgan fingerprint density at radius 1 is 1.33 bits per heavy atom. The lowest BCUT2D eigenvalue weighted by molar-refractivity contribution is 0.494. The molecule has 0 radical (unpaired) electrons. The minimum atomic E-state index is -2.03. The largest absolute Gasteiger partial charge is 0.323 e. The fourth-order valence-corrected chi connectivity index (χ4v) is 3.12. The molecule has 1 fully saturated rings. The monoisotopic (exact) mass is 211 g/mol. The highest BCUT2D eigenvalue weighted by Crippen LogP contribution is 2.47. The van der Waals surface area contributed by atoms with Crippen molar-refractivity contribution in [1.82, 2.24) is 0 Å². The predicted octanol–water partition coefficient (Wildman–Crippen LogP) is 2.51. The van der Waals surface area contributed by atoms with Gasteiger partial charge in [0, 0.05) is 0 Å². The highest BCUT2D eigenvalue weighted by Gasteiger charge is 2.29. The van der Waals surface area contributed by atoms with Crippen LogP contribution in [0.2, 0.25) is 0 Å². The van der Waals surface area contributed by atoms with Crippen LogP contribution < -0.4 is 5.73 Å². The van der Waals surface area contributed by atoms with Crippen molar-refractivity contribution in [3.05, 3.63) is 0 Å².